The predicted octanol–water partition coefficient (Wildman–Crippen LogP) is 3.74. The number of para-hydroxylation sites is 1. The number of thiophene rings is 1. The van der Waals surface area contributed by atoms with Gasteiger partial charge in [-0.3, -0.25) is 4.79 Å². The average Bonchev–Trinajstić information content (AvgIpc) is 2.88. The Kier molecular flexibility index (Phi) is 4.15. The van der Waals surface area contributed by atoms with Gasteiger partial charge in [-0.25, -0.2) is 0 Å². The van der Waals surface area contributed by atoms with Crippen LogP contribution in [-0.2, 0) is 12.8 Å². The number of Topliss-reactive ketones (excluding diaryl/α,β-unsaturated/α-hetero) is 1. The van der Waals surface area contributed by atoms with Gasteiger partial charge in [0.25, 0.3) is 0 Å². The first kappa shape index (κ1) is 12.8. The van der Waals surface area contributed by atoms with E-state index in [-0.39, 0.29) is 5.78 Å². The normalized spacial score (nSPS) is 10.3. The van der Waals surface area contributed by atoms with Crippen LogP contribution in [0.3, 0.4) is 0 Å². The van der Waals surface area contributed by atoms with Crippen molar-refractivity contribution in [1.82, 2.24) is 0 Å². The molecule has 94 valence electrons. The maximum absolute atomic E-state index is 12.2. The molecule has 0 amide bonds. The minimum absolute atomic E-state index is 0.157. The Morgan fingerprint density at radius 2 is 2.00 bits per heavy atom. The van der Waals surface area contributed by atoms with Gasteiger partial charge in [-0.05, 0) is 24.6 Å². The van der Waals surface area contributed by atoms with Gasteiger partial charge in [0.05, 0.1) is 12.0 Å². The Bertz CT molecular complexity index is 543. The molecule has 0 radical (unpaired) electrons. The topological polar surface area (TPSA) is 26.3 Å². The Morgan fingerprint density at radius 1 is 1.22 bits per heavy atom. The second-order valence-corrected chi connectivity index (χ2v) is 5.20. The van der Waals surface area contributed by atoms with Gasteiger partial charge in [0.15, 0.2) is 5.78 Å². The van der Waals surface area contributed by atoms with Crippen molar-refractivity contribution >= 4 is 17.1 Å². The summed E-state index contributed by atoms with van der Waals surface area (Å²) in [6, 6.07) is 11.6. The third kappa shape index (κ3) is 2.79. The molecule has 1 heterocycles. The van der Waals surface area contributed by atoms with Gasteiger partial charge >= 0.3 is 0 Å². The third-order valence-corrected chi connectivity index (χ3v) is 4.10. The van der Waals surface area contributed by atoms with Crippen LogP contribution in [0.15, 0.2) is 36.4 Å². The molecule has 3 heteroatoms. The van der Waals surface area contributed by atoms with Crippen LogP contribution in [0.1, 0.15) is 27.0 Å². The quantitative estimate of drug-likeness (QED) is 0.765. The molecule has 0 N–H and O–H groups in total. The molecule has 2 aromatic rings. The van der Waals surface area contributed by atoms with E-state index >= 15 is 0 Å². The summed E-state index contributed by atoms with van der Waals surface area (Å²) in [4.78, 5) is 14.2. The minimum atomic E-state index is 0.157. The van der Waals surface area contributed by atoms with E-state index in [0.717, 1.165) is 22.6 Å². The standard InChI is InChI=1S/C15H16O2S/c1-3-12-8-9-15(18-12)13(16)10-11-6-4-5-7-14(11)17-2/h4-9H,3,10H2,1-2H3. The van der Waals surface area contributed by atoms with Crippen molar-refractivity contribution in [2.45, 2.75) is 19.8 Å². The van der Waals surface area contributed by atoms with Crippen LogP contribution in [0.2, 0.25) is 0 Å². The lowest BCUT2D eigenvalue weighted by molar-refractivity contribution is 0.0996. The zero-order chi connectivity index (χ0) is 13.0. The highest BCUT2D eigenvalue weighted by Crippen LogP contribution is 2.22. The number of hydrogen-bond acceptors (Lipinski definition) is 3. The first-order valence-corrected chi connectivity index (χ1v) is 6.80. The summed E-state index contributed by atoms with van der Waals surface area (Å²) in [6.45, 7) is 2.10. The van der Waals surface area contributed by atoms with Crippen LogP contribution in [0.5, 0.6) is 5.75 Å². The first-order chi connectivity index (χ1) is 8.74. The molecular weight excluding hydrogens is 244 g/mol. The molecular formula is C15H16O2S. The highest BCUT2D eigenvalue weighted by molar-refractivity contribution is 7.14. The third-order valence-electron chi connectivity index (χ3n) is 2.83. The summed E-state index contributed by atoms with van der Waals surface area (Å²) in [7, 11) is 1.63. The molecule has 18 heavy (non-hydrogen) atoms. The Morgan fingerprint density at radius 3 is 2.67 bits per heavy atom. The molecule has 0 unspecified atom stereocenters. The van der Waals surface area contributed by atoms with Gasteiger partial charge in [-0.15, -0.1) is 11.3 Å². The first-order valence-electron chi connectivity index (χ1n) is 5.98. The van der Waals surface area contributed by atoms with Crippen LogP contribution in [-0.4, -0.2) is 12.9 Å². The molecule has 1 aromatic heterocycles. The lowest BCUT2D eigenvalue weighted by Gasteiger charge is -2.06. The summed E-state index contributed by atoms with van der Waals surface area (Å²) in [6.07, 6.45) is 1.38. The molecule has 0 aliphatic heterocycles. The van der Waals surface area contributed by atoms with E-state index in [4.69, 9.17) is 4.74 Å². The number of aryl methyl sites for hydroxylation is 1. The van der Waals surface area contributed by atoms with Gasteiger partial charge in [0.2, 0.25) is 0 Å². The molecule has 2 rings (SSSR count). The van der Waals surface area contributed by atoms with Gasteiger partial charge < -0.3 is 4.74 Å². The number of methoxy groups -OCH3 is 1. The van der Waals surface area contributed by atoms with E-state index in [1.165, 1.54) is 4.88 Å². The van der Waals surface area contributed by atoms with Crippen molar-refractivity contribution in [2.75, 3.05) is 7.11 Å². The van der Waals surface area contributed by atoms with E-state index in [1.54, 1.807) is 18.4 Å². The zero-order valence-electron chi connectivity index (χ0n) is 10.6. The number of carbonyl (C=O) groups excluding carboxylic acids is 1. The molecule has 0 fully saturated rings. The fourth-order valence-corrected chi connectivity index (χ4v) is 2.71. The second kappa shape index (κ2) is 5.83. The molecule has 0 saturated heterocycles. The number of rotatable bonds is 5. The van der Waals surface area contributed by atoms with E-state index in [1.807, 2.05) is 36.4 Å². The average molecular weight is 260 g/mol. The van der Waals surface area contributed by atoms with Crippen molar-refractivity contribution < 1.29 is 9.53 Å². The van der Waals surface area contributed by atoms with Crippen molar-refractivity contribution in [3.63, 3.8) is 0 Å². The van der Waals surface area contributed by atoms with Crippen LogP contribution >= 0.6 is 11.3 Å². The summed E-state index contributed by atoms with van der Waals surface area (Å²) in [5.41, 5.74) is 0.941. The van der Waals surface area contributed by atoms with Gasteiger partial charge in [0, 0.05) is 16.9 Å². The smallest absolute Gasteiger partial charge is 0.177 e. The highest BCUT2D eigenvalue weighted by Gasteiger charge is 2.12. The summed E-state index contributed by atoms with van der Waals surface area (Å²) in [5.74, 6) is 0.933. The van der Waals surface area contributed by atoms with Crippen molar-refractivity contribution in [1.29, 1.82) is 0 Å². The Hall–Kier alpha value is -1.61. The van der Waals surface area contributed by atoms with Crippen molar-refractivity contribution in [2.24, 2.45) is 0 Å². The maximum atomic E-state index is 12.2. The number of benzene rings is 1. The lowest BCUT2D eigenvalue weighted by atomic mass is 10.1. The number of ether oxygens (including phenoxy) is 1. The zero-order valence-corrected chi connectivity index (χ0v) is 11.4. The summed E-state index contributed by atoms with van der Waals surface area (Å²) >= 11 is 1.58. The minimum Gasteiger partial charge on any atom is -0.496 e. The number of hydrogen-bond donors (Lipinski definition) is 0. The number of ketones is 1. The van der Waals surface area contributed by atoms with Gasteiger partial charge in [-0.1, -0.05) is 25.1 Å². The maximum Gasteiger partial charge on any atom is 0.177 e. The fourth-order valence-electron chi connectivity index (χ4n) is 1.83. The van der Waals surface area contributed by atoms with Crippen molar-refractivity contribution in [3.05, 3.63) is 51.7 Å². The monoisotopic (exact) mass is 260 g/mol. The van der Waals surface area contributed by atoms with Crippen molar-refractivity contribution in [3.8, 4) is 5.75 Å². The van der Waals surface area contributed by atoms with Crippen LogP contribution < -0.4 is 4.74 Å². The SMILES string of the molecule is CCc1ccc(C(=O)Cc2ccccc2OC)s1. The van der Waals surface area contributed by atoms with Crippen LogP contribution in [0.25, 0.3) is 0 Å². The fraction of sp³-hybridized carbons (Fsp3) is 0.267. The second-order valence-electron chi connectivity index (χ2n) is 4.03. The molecule has 0 aliphatic rings. The lowest BCUT2D eigenvalue weighted by Crippen LogP contribution is -2.02. The van der Waals surface area contributed by atoms with Crippen LogP contribution in [0, 0.1) is 0 Å². The summed E-state index contributed by atoms with van der Waals surface area (Å²) < 4.78 is 5.26. The van der Waals surface area contributed by atoms with E-state index in [2.05, 4.69) is 6.92 Å². The Labute approximate surface area is 111 Å². The largest absolute Gasteiger partial charge is 0.496 e. The molecule has 0 saturated carbocycles. The van der Waals surface area contributed by atoms with E-state index < -0.39 is 0 Å². The Balaban J connectivity index is 2.16. The molecule has 0 atom stereocenters. The molecule has 0 spiro atoms. The van der Waals surface area contributed by atoms with Crippen LogP contribution in [0.4, 0.5) is 0 Å². The molecule has 0 bridgehead atoms. The predicted molar refractivity (Wildman–Crippen MR) is 74.7 cm³/mol. The molecule has 1 aromatic carbocycles. The van der Waals surface area contributed by atoms with E-state index in [9.17, 15) is 4.79 Å². The molecule has 0 aliphatic carbocycles. The van der Waals surface area contributed by atoms with E-state index in [0.29, 0.717) is 6.42 Å². The van der Waals surface area contributed by atoms with Gasteiger partial charge in [-0.2, -0.15) is 0 Å². The molecule has 2 nitrogen and oxygen atoms in total. The highest BCUT2D eigenvalue weighted by atomic mass is 32.1. The van der Waals surface area contributed by atoms with Gasteiger partial charge in [0.1, 0.15) is 5.75 Å². The number of carbonyl (C=O) groups is 1. The summed E-state index contributed by atoms with van der Waals surface area (Å²) in [5, 5.41) is 0.